The molecule has 0 unspecified atom stereocenters. The van der Waals surface area contributed by atoms with E-state index in [1.807, 2.05) is 12.4 Å². The quantitative estimate of drug-likeness (QED) is 0.846. The highest BCUT2D eigenvalue weighted by Crippen LogP contribution is 2.09. The van der Waals surface area contributed by atoms with E-state index in [4.69, 9.17) is 0 Å². The van der Waals surface area contributed by atoms with Crippen molar-refractivity contribution in [2.75, 3.05) is 44.6 Å². The summed E-state index contributed by atoms with van der Waals surface area (Å²) >= 11 is 0. The van der Waals surface area contributed by atoms with Crippen molar-refractivity contribution in [3.8, 4) is 0 Å². The molecule has 1 aliphatic rings. The van der Waals surface area contributed by atoms with Gasteiger partial charge in [0, 0.05) is 63.8 Å². The van der Waals surface area contributed by atoms with Gasteiger partial charge in [-0.05, 0) is 18.9 Å². The lowest BCUT2D eigenvalue weighted by Gasteiger charge is -2.34. The average molecular weight is 325 g/mol. The molecular formula is C19H27N5. The molecule has 1 aliphatic heterocycles. The molecule has 2 aromatic rings. The highest BCUT2D eigenvalue weighted by molar-refractivity contribution is 5.24. The molecule has 1 saturated heterocycles. The number of benzene rings is 1. The van der Waals surface area contributed by atoms with Gasteiger partial charge in [-0.1, -0.05) is 30.3 Å². The highest BCUT2D eigenvalue weighted by atomic mass is 15.3. The molecule has 1 N–H and O–H groups in total. The Labute approximate surface area is 144 Å². The lowest BCUT2D eigenvalue weighted by Crippen LogP contribution is -2.46. The number of piperazine rings is 1. The van der Waals surface area contributed by atoms with Gasteiger partial charge in [-0.3, -0.25) is 4.90 Å². The highest BCUT2D eigenvalue weighted by Gasteiger charge is 2.16. The fourth-order valence-corrected chi connectivity index (χ4v) is 3.05. The molecule has 0 atom stereocenters. The summed E-state index contributed by atoms with van der Waals surface area (Å²) in [7, 11) is 0. The molecule has 5 heteroatoms. The zero-order valence-electron chi connectivity index (χ0n) is 14.5. The van der Waals surface area contributed by atoms with Crippen LogP contribution in [0.15, 0.2) is 42.7 Å². The summed E-state index contributed by atoms with van der Waals surface area (Å²) in [6.45, 7) is 9.51. The number of nitrogens with zero attached hydrogens (tertiary/aromatic N) is 4. The second-order valence-corrected chi connectivity index (χ2v) is 6.30. The van der Waals surface area contributed by atoms with E-state index >= 15 is 0 Å². The van der Waals surface area contributed by atoms with E-state index in [1.54, 1.807) is 0 Å². The molecule has 128 valence electrons. The third-order valence-corrected chi connectivity index (χ3v) is 4.47. The summed E-state index contributed by atoms with van der Waals surface area (Å²) in [4.78, 5) is 13.8. The van der Waals surface area contributed by atoms with Crippen LogP contribution in [0.1, 0.15) is 18.1 Å². The van der Waals surface area contributed by atoms with Gasteiger partial charge in [0.25, 0.3) is 0 Å². The van der Waals surface area contributed by atoms with Crippen molar-refractivity contribution in [1.82, 2.24) is 19.8 Å². The Kier molecular flexibility index (Phi) is 6.15. The zero-order chi connectivity index (χ0) is 16.6. The minimum atomic E-state index is 0.715. The lowest BCUT2D eigenvalue weighted by molar-refractivity contribution is 0.128. The van der Waals surface area contributed by atoms with E-state index < -0.39 is 0 Å². The van der Waals surface area contributed by atoms with E-state index in [2.05, 4.69) is 62.3 Å². The van der Waals surface area contributed by atoms with E-state index in [0.29, 0.717) is 5.95 Å². The first-order valence-electron chi connectivity index (χ1n) is 8.87. The number of nitrogens with one attached hydrogen (secondary N) is 1. The number of hydrogen-bond acceptors (Lipinski definition) is 5. The Morgan fingerprint density at radius 3 is 2.25 bits per heavy atom. The third-order valence-electron chi connectivity index (χ3n) is 4.47. The van der Waals surface area contributed by atoms with Crippen molar-refractivity contribution in [2.24, 2.45) is 0 Å². The maximum atomic E-state index is 4.35. The molecular weight excluding hydrogens is 298 g/mol. The molecule has 0 bridgehead atoms. The summed E-state index contributed by atoms with van der Waals surface area (Å²) in [5.74, 6) is 0.715. The normalized spacial score (nSPS) is 16.2. The van der Waals surface area contributed by atoms with E-state index in [0.717, 1.165) is 52.2 Å². The smallest absolute Gasteiger partial charge is 0.222 e. The standard InChI is InChI=1S/C19H27N5/c1-2-20-19-21-14-18(15-22-19)16-24-12-10-23(11-13-24)9-8-17-6-4-3-5-7-17/h3-7,14-15H,2,8-13,16H2,1H3,(H,20,21,22). The van der Waals surface area contributed by atoms with Crippen LogP contribution < -0.4 is 5.32 Å². The number of rotatable bonds is 7. The van der Waals surface area contributed by atoms with Crippen LogP contribution in [0.2, 0.25) is 0 Å². The Bertz CT molecular complexity index is 591. The lowest BCUT2D eigenvalue weighted by atomic mass is 10.1. The zero-order valence-corrected chi connectivity index (χ0v) is 14.5. The monoisotopic (exact) mass is 325 g/mol. The molecule has 1 aromatic heterocycles. The van der Waals surface area contributed by atoms with Crippen LogP contribution >= 0.6 is 0 Å². The van der Waals surface area contributed by atoms with Crippen molar-refractivity contribution in [3.05, 3.63) is 53.9 Å². The molecule has 0 amide bonds. The maximum Gasteiger partial charge on any atom is 0.222 e. The Morgan fingerprint density at radius 1 is 0.917 bits per heavy atom. The number of aromatic nitrogens is 2. The van der Waals surface area contributed by atoms with E-state index in [1.165, 1.54) is 11.1 Å². The van der Waals surface area contributed by atoms with Crippen molar-refractivity contribution < 1.29 is 0 Å². The number of hydrogen-bond donors (Lipinski definition) is 1. The van der Waals surface area contributed by atoms with Crippen molar-refractivity contribution in [2.45, 2.75) is 19.9 Å². The van der Waals surface area contributed by atoms with Gasteiger partial charge in [-0.25, -0.2) is 9.97 Å². The molecule has 2 heterocycles. The Morgan fingerprint density at radius 2 is 1.58 bits per heavy atom. The molecule has 3 rings (SSSR count). The van der Waals surface area contributed by atoms with Crippen LogP contribution in [0.5, 0.6) is 0 Å². The molecule has 5 nitrogen and oxygen atoms in total. The first-order chi connectivity index (χ1) is 11.8. The SMILES string of the molecule is CCNc1ncc(CN2CCN(CCc3ccccc3)CC2)cn1. The molecule has 1 fully saturated rings. The summed E-state index contributed by atoms with van der Waals surface area (Å²) in [6.07, 6.45) is 5.01. The minimum Gasteiger partial charge on any atom is -0.355 e. The van der Waals surface area contributed by atoms with Gasteiger partial charge >= 0.3 is 0 Å². The van der Waals surface area contributed by atoms with Crippen LogP contribution in [0.4, 0.5) is 5.95 Å². The summed E-state index contributed by atoms with van der Waals surface area (Å²) in [5.41, 5.74) is 2.62. The summed E-state index contributed by atoms with van der Waals surface area (Å²) < 4.78 is 0. The first kappa shape index (κ1) is 16.9. The van der Waals surface area contributed by atoms with Gasteiger partial charge in [-0.2, -0.15) is 0 Å². The Balaban J connectivity index is 1.40. The maximum absolute atomic E-state index is 4.35. The fraction of sp³-hybridized carbons (Fsp3) is 0.474. The van der Waals surface area contributed by atoms with Gasteiger partial charge in [0.05, 0.1) is 0 Å². The van der Waals surface area contributed by atoms with Crippen LogP contribution in [0.25, 0.3) is 0 Å². The number of anilines is 1. The second-order valence-electron chi connectivity index (χ2n) is 6.30. The van der Waals surface area contributed by atoms with Crippen LogP contribution in [-0.4, -0.2) is 59.0 Å². The van der Waals surface area contributed by atoms with Crippen molar-refractivity contribution in [3.63, 3.8) is 0 Å². The molecule has 0 aliphatic carbocycles. The summed E-state index contributed by atoms with van der Waals surface area (Å²) in [5, 5.41) is 3.13. The predicted octanol–water partition coefficient (Wildman–Crippen LogP) is 2.27. The van der Waals surface area contributed by atoms with Gasteiger partial charge < -0.3 is 10.2 Å². The second kappa shape index (κ2) is 8.76. The van der Waals surface area contributed by atoms with Gasteiger partial charge in [0.2, 0.25) is 5.95 Å². The molecule has 0 radical (unpaired) electrons. The van der Waals surface area contributed by atoms with Gasteiger partial charge in [-0.15, -0.1) is 0 Å². The van der Waals surface area contributed by atoms with E-state index in [9.17, 15) is 0 Å². The minimum absolute atomic E-state index is 0.715. The fourth-order valence-electron chi connectivity index (χ4n) is 3.05. The summed E-state index contributed by atoms with van der Waals surface area (Å²) in [6, 6.07) is 10.8. The van der Waals surface area contributed by atoms with Gasteiger partial charge in [0.1, 0.15) is 0 Å². The van der Waals surface area contributed by atoms with Crippen LogP contribution in [0, 0.1) is 0 Å². The molecule has 0 saturated carbocycles. The van der Waals surface area contributed by atoms with Crippen LogP contribution in [0.3, 0.4) is 0 Å². The molecule has 0 spiro atoms. The molecule has 24 heavy (non-hydrogen) atoms. The van der Waals surface area contributed by atoms with E-state index in [-0.39, 0.29) is 0 Å². The van der Waals surface area contributed by atoms with Crippen LogP contribution in [-0.2, 0) is 13.0 Å². The third kappa shape index (κ3) is 5.01. The van der Waals surface area contributed by atoms with Crippen molar-refractivity contribution >= 4 is 5.95 Å². The van der Waals surface area contributed by atoms with Crippen molar-refractivity contribution in [1.29, 1.82) is 0 Å². The topological polar surface area (TPSA) is 44.3 Å². The van der Waals surface area contributed by atoms with Gasteiger partial charge in [0.15, 0.2) is 0 Å². The molecule has 1 aromatic carbocycles. The first-order valence-corrected chi connectivity index (χ1v) is 8.87. The predicted molar refractivity (Wildman–Crippen MR) is 98.1 cm³/mol. The Hall–Kier alpha value is -1.98. The largest absolute Gasteiger partial charge is 0.355 e. The average Bonchev–Trinajstić information content (AvgIpc) is 2.64.